The van der Waals surface area contributed by atoms with Gasteiger partial charge in [0.05, 0.1) is 10.6 Å². The third-order valence-corrected chi connectivity index (χ3v) is 4.98. The lowest BCUT2D eigenvalue weighted by atomic mass is 10.3. The molecule has 0 heterocycles. The van der Waals surface area contributed by atoms with E-state index in [-0.39, 0.29) is 10.6 Å². The van der Waals surface area contributed by atoms with Gasteiger partial charge in [0.25, 0.3) is 0 Å². The van der Waals surface area contributed by atoms with Gasteiger partial charge in [0.2, 0.25) is 14.9 Å². The van der Waals surface area contributed by atoms with Gasteiger partial charge >= 0.3 is 0 Å². The van der Waals surface area contributed by atoms with Gasteiger partial charge in [-0.05, 0) is 31.2 Å². The summed E-state index contributed by atoms with van der Waals surface area (Å²) < 4.78 is 25.0. The Morgan fingerprint density at radius 1 is 1.05 bits per heavy atom. The van der Waals surface area contributed by atoms with Gasteiger partial charge in [0, 0.05) is 5.69 Å². The predicted molar refractivity (Wildman–Crippen MR) is 78.7 cm³/mol. The lowest BCUT2D eigenvalue weighted by Gasteiger charge is -2.26. The second-order valence-electron chi connectivity index (χ2n) is 4.52. The van der Waals surface area contributed by atoms with E-state index in [1.165, 1.54) is 19.1 Å². The van der Waals surface area contributed by atoms with Crippen LogP contribution in [0, 0.1) is 0 Å². The van der Waals surface area contributed by atoms with Crippen molar-refractivity contribution in [2.24, 2.45) is 0 Å². The Bertz CT molecular complexity index is 697. The van der Waals surface area contributed by atoms with Crippen molar-refractivity contribution in [2.75, 3.05) is 11.1 Å². The monoisotopic (exact) mass is 292 g/mol. The number of hydrogen-bond acceptors (Lipinski definition) is 5. The molecule has 0 aliphatic heterocycles. The first-order chi connectivity index (χ1) is 9.34. The molecular formula is C14H16N2O3S. The number of rotatable bonds is 4. The minimum absolute atomic E-state index is 0.0997. The Balaban J connectivity index is 2.40. The summed E-state index contributed by atoms with van der Waals surface area (Å²) in [5.41, 5.74) is 6.27. The van der Waals surface area contributed by atoms with Crippen molar-refractivity contribution < 1.29 is 13.5 Å². The van der Waals surface area contributed by atoms with Crippen LogP contribution in [0.5, 0.6) is 0 Å². The smallest absolute Gasteiger partial charge is 0.242 e. The Morgan fingerprint density at radius 2 is 1.60 bits per heavy atom. The molecule has 106 valence electrons. The van der Waals surface area contributed by atoms with Crippen LogP contribution in [0.4, 0.5) is 11.4 Å². The zero-order valence-electron chi connectivity index (χ0n) is 10.9. The molecule has 2 rings (SSSR count). The van der Waals surface area contributed by atoms with Gasteiger partial charge < -0.3 is 16.2 Å². The number of nitrogens with two attached hydrogens (primary N) is 1. The van der Waals surface area contributed by atoms with Gasteiger partial charge in [-0.25, -0.2) is 8.42 Å². The molecule has 0 saturated heterocycles. The molecule has 0 spiro atoms. The van der Waals surface area contributed by atoms with E-state index in [2.05, 4.69) is 5.32 Å². The highest BCUT2D eigenvalue weighted by molar-refractivity contribution is 7.92. The zero-order valence-corrected chi connectivity index (χ0v) is 11.8. The maximum Gasteiger partial charge on any atom is 0.242 e. The zero-order chi connectivity index (χ0) is 14.8. The molecule has 2 aromatic rings. The van der Waals surface area contributed by atoms with Crippen molar-refractivity contribution >= 4 is 21.2 Å². The predicted octanol–water partition coefficient (Wildman–Crippen LogP) is 1.82. The average molecular weight is 292 g/mol. The maximum atomic E-state index is 12.5. The minimum Gasteiger partial charge on any atom is -0.398 e. The van der Waals surface area contributed by atoms with Crippen molar-refractivity contribution in [1.82, 2.24) is 0 Å². The number of nitrogens with one attached hydrogen (secondary N) is 1. The number of benzene rings is 2. The first kappa shape index (κ1) is 14.4. The number of aliphatic hydroxyl groups is 1. The fourth-order valence-electron chi connectivity index (χ4n) is 1.80. The second kappa shape index (κ2) is 5.15. The molecule has 6 heteroatoms. The van der Waals surface area contributed by atoms with Gasteiger partial charge in [-0.1, -0.05) is 30.3 Å². The van der Waals surface area contributed by atoms with E-state index < -0.39 is 14.9 Å². The molecule has 0 aromatic heterocycles. The molecule has 0 aliphatic carbocycles. The molecule has 0 amide bonds. The van der Waals surface area contributed by atoms with Crippen LogP contribution in [0.1, 0.15) is 6.92 Å². The molecule has 0 aliphatic rings. The van der Waals surface area contributed by atoms with E-state index in [1.807, 2.05) is 0 Å². The Hall–Kier alpha value is -2.05. The molecule has 20 heavy (non-hydrogen) atoms. The highest BCUT2D eigenvalue weighted by Crippen LogP contribution is 2.28. The van der Waals surface area contributed by atoms with Crippen molar-refractivity contribution in [3.8, 4) is 0 Å². The van der Waals surface area contributed by atoms with Crippen LogP contribution >= 0.6 is 0 Å². The van der Waals surface area contributed by atoms with Crippen LogP contribution < -0.4 is 11.1 Å². The lowest BCUT2D eigenvalue weighted by Crippen LogP contribution is -2.43. The quantitative estimate of drug-likeness (QED) is 0.590. The maximum absolute atomic E-state index is 12.5. The summed E-state index contributed by atoms with van der Waals surface area (Å²) in [6.07, 6.45) is 0. The van der Waals surface area contributed by atoms with E-state index in [0.717, 1.165) is 0 Å². The van der Waals surface area contributed by atoms with Crippen molar-refractivity contribution in [1.29, 1.82) is 0 Å². The summed E-state index contributed by atoms with van der Waals surface area (Å²) in [7, 11) is -4.05. The van der Waals surface area contributed by atoms with Gasteiger partial charge in [-0.15, -0.1) is 0 Å². The topological polar surface area (TPSA) is 92.4 Å². The van der Waals surface area contributed by atoms with Crippen molar-refractivity contribution in [3.63, 3.8) is 0 Å². The van der Waals surface area contributed by atoms with E-state index in [9.17, 15) is 13.5 Å². The number of hydrogen-bond donors (Lipinski definition) is 3. The Morgan fingerprint density at radius 3 is 2.20 bits per heavy atom. The third-order valence-electron chi connectivity index (χ3n) is 2.88. The SMILES string of the molecule is CC(O)(Nc1ccccc1)S(=O)(=O)c1ccccc1N. The second-order valence-corrected chi connectivity index (χ2v) is 6.76. The molecular weight excluding hydrogens is 276 g/mol. The summed E-state index contributed by atoms with van der Waals surface area (Å²) in [5.74, 6) is 0. The van der Waals surface area contributed by atoms with Crippen LogP contribution in [-0.4, -0.2) is 18.6 Å². The van der Waals surface area contributed by atoms with Gasteiger partial charge in [-0.3, -0.25) is 0 Å². The minimum atomic E-state index is -4.05. The molecule has 0 radical (unpaired) electrons. The standard InChI is InChI=1S/C14H16N2O3S/c1-14(17,16-11-7-3-2-4-8-11)20(18,19)13-10-6-5-9-12(13)15/h2-10,16-17H,15H2,1H3. The first-order valence-electron chi connectivity index (χ1n) is 5.99. The van der Waals surface area contributed by atoms with E-state index in [0.29, 0.717) is 5.69 Å². The molecule has 0 bridgehead atoms. The molecule has 0 saturated carbocycles. The van der Waals surface area contributed by atoms with Crippen molar-refractivity contribution in [2.45, 2.75) is 16.9 Å². The van der Waals surface area contributed by atoms with Crippen LogP contribution in [0.3, 0.4) is 0 Å². The highest BCUT2D eigenvalue weighted by Gasteiger charge is 2.39. The summed E-state index contributed by atoms with van der Waals surface area (Å²) >= 11 is 0. The molecule has 1 unspecified atom stereocenters. The average Bonchev–Trinajstić information content (AvgIpc) is 2.39. The van der Waals surface area contributed by atoms with Gasteiger partial charge in [-0.2, -0.15) is 0 Å². The molecule has 4 N–H and O–H groups in total. The fraction of sp³-hybridized carbons (Fsp3) is 0.143. The Labute approximate surface area is 118 Å². The largest absolute Gasteiger partial charge is 0.398 e. The van der Waals surface area contributed by atoms with E-state index in [1.54, 1.807) is 42.5 Å². The molecule has 2 aromatic carbocycles. The van der Waals surface area contributed by atoms with Crippen LogP contribution in [0.15, 0.2) is 59.5 Å². The normalized spacial score (nSPS) is 14.5. The number of para-hydroxylation sites is 2. The van der Waals surface area contributed by atoms with E-state index >= 15 is 0 Å². The third kappa shape index (κ3) is 2.61. The summed E-state index contributed by atoms with van der Waals surface area (Å²) in [6.45, 7) is 1.18. The highest BCUT2D eigenvalue weighted by atomic mass is 32.2. The number of anilines is 2. The summed E-state index contributed by atoms with van der Waals surface area (Å²) in [5, 5.41) is 10.8. The van der Waals surface area contributed by atoms with E-state index in [4.69, 9.17) is 5.73 Å². The van der Waals surface area contributed by atoms with Gasteiger partial charge in [0.1, 0.15) is 0 Å². The molecule has 1 atom stereocenters. The summed E-state index contributed by atoms with van der Waals surface area (Å²) in [4.78, 5) is -0.103. The van der Waals surface area contributed by atoms with Crippen molar-refractivity contribution in [3.05, 3.63) is 54.6 Å². The molecule has 5 nitrogen and oxygen atoms in total. The van der Waals surface area contributed by atoms with Crippen LogP contribution in [0.2, 0.25) is 0 Å². The lowest BCUT2D eigenvalue weighted by molar-refractivity contribution is 0.174. The van der Waals surface area contributed by atoms with Gasteiger partial charge in [0.15, 0.2) is 0 Å². The fourth-order valence-corrected chi connectivity index (χ4v) is 3.11. The van der Waals surface area contributed by atoms with Crippen LogP contribution in [0.25, 0.3) is 0 Å². The first-order valence-corrected chi connectivity index (χ1v) is 7.48. The number of sulfone groups is 1. The number of nitrogen functional groups attached to an aromatic ring is 1. The molecule has 0 fully saturated rings. The Kier molecular flexibility index (Phi) is 3.69. The van der Waals surface area contributed by atoms with Crippen LogP contribution in [-0.2, 0) is 9.84 Å². The summed E-state index contributed by atoms with van der Waals surface area (Å²) in [6, 6.07) is 14.6.